The monoisotopic (exact) mass is 1320 g/mol. The van der Waals surface area contributed by atoms with Gasteiger partial charge < -0.3 is 149 Å². The second kappa shape index (κ2) is 45.8. The second-order valence-corrected chi connectivity index (χ2v) is 14.3. The molecule has 0 aliphatic rings. The molecule has 0 spiro atoms. The zero-order chi connectivity index (χ0) is 58.9. The number of hydroxylamine groups is 12. The molecule has 0 fully saturated rings. The molecule has 452 valence electrons. The molecule has 0 atom stereocenters. The molecule has 6 N–H and O–H groups in total. The van der Waals surface area contributed by atoms with Crippen LogP contribution in [0.1, 0.15) is 38.5 Å². The maximum absolute atomic E-state index is 11.5. The summed E-state index contributed by atoms with van der Waals surface area (Å²) in [5.41, 5.74) is -9.04. The first kappa shape index (κ1) is 88.0. The van der Waals surface area contributed by atoms with Crippen LogP contribution in [0, 0.1) is 0 Å². The molecule has 0 aliphatic carbocycles. The van der Waals surface area contributed by atoms with E-state index in [1.807, 2.05) is 0 Å². The fourth-order valence-corrected chi connectivity index (χ4v) is 5.68. The van der Waals surface area contributed by atoms with Gasteiger partial charge in [0.15, 0.2) is 0 Å². The number of hydrogen-bond donors (Lipinski definition) is 6. The van der Waals surface area contributed by atoms with E-state index in [9.17, 15) is 119 Å². The van der Waals surface area contributed by atoms with Crippen LogP contribution < -0.4 is 61.3 Å². The quantitative estimate of drug-likeness (QED) is 0.0244. The van der Waals surface area contributed by atoms with Gasteiger partial charge in [-0.2, -0.15) is 30.4 Å². The Balaban J connectivity index is -0.000000192. The van der Waals surface area contributed by atoms with Gasteiger partial charge >= 0.3 is 68.3 Å². The van der Waals surface area contributed by atoms with Gasteiger partial charge in [-0.05, 0) is 0 Å². The van der Waals surface area contributed by atoms with Crippen LogP contribution in [-0.2, 0) is 141 Å². The van der Waals surface area contributed by atoms with Crippen molar-refractivity contribution < 1.29 is 233 Å². The second-order valence-electron chi connectivity index (χ2n) is 14.3. The molecule has 0 aromatic heterocycles. The fourth-order valence-electron chi connectivity index (χ4n) is 5.68. The first-order valence-corrected chi connectivity index (χ1v) is 20.5. The van der Waals surface area contributed by atoms with E-state index in [-0.39, 0.29) is 123 Å². The minimum absolute atomic E-state index is 0. The van der Waals surface area contributed by atoms with Crippen molar-refractivity contribution in [2.75, 3.05) is 98.5 Å². The third-order valence-electron chi connectivity index (χ3n) is 8.75. The van der Waals surface area contributed by atoms with Gasteiger partial charge in [0.1, 0.15) is 0 Å². The van der Waals surface area contributed by atoms with Gasteiger partial charge in [0.25, 0.3) is 0 Å². The molecular formula is C36H48Fe4N6O33. The number of rotatable bonds is 42. The van der Waals surface area contributed by atoms with Crippen LogP contribution in [0.5, 0.6) is 0 Å². The Bertz CT molecular complexity index is 1650. The van der Waals surface area contributed by atoms with Crippen molar-refractivity contribution in [2.24, 2.45) is 0 Å². The van der Waals surface area contributed by atoms with Crippen molar-refractivity contribution in [3.05, 3.63) is 0 Å². The maximum Gasteiger partial charge on any atom is 3.00 e. The zero-order valence-electron chi connectivity index (χ0n) is 40.2. The number of carboxylic acids is 12. The third-order valence-corrected chi connectivity index (χ3v) is 8.75. The molecule has 0 heterocycles. The van der Waals surface area contributed by atoms with Gasteiger partial charge in [0.2, 0.25) is 0 Å². The van der Waals surface area contributed by atoms with Gasteiger partial charge in [-0.25, -0.2) is 14.8 Å². The van der Waals surface area contributed by atoms with Gasteiger partial charge in [0, 0.05) is 114 Å². The number of carbonyl (C=O) groups excluding carboxylic acids is 12. The zero-order valence-corrected chi connectivity index (χ0v) is 44.6. The van der Waals surface area contributed by atoms with E-state index in [2.05, 4.69) is 0 Å². The van der Waals surface area contributed by atoms with E-state index in [0.29, 0.717) is 15.2 Å². The van der Waals surface area contributed by atoms with E-state index < -0.39 is 186 Å². The Morgan fingerprint density at radius 1 is 0.278 bits per heavy atom. The molecule has 43 heteroatoms. The average molecular weight is 1320 g/mol. The number of carboxylic acid groups (broad SMARTS) is 12. The van der Waals surface area contributed by atoms with E-state index in [1.165, 1.54) is 0 Å². The molecule has 4 radical (unpaired) electrons. The SMILES string of the molecule is O=C([O-])CN(ON(CCO)CCO)C(CC(=O)[O-])(CC(=O)[O-])C(=O)[O-].O=C([O-])CN(ON(CCO)CCO)C(CC(=O)[O-])(CC(=O)[O-])C(=O)[O-].O=C([O-])CN(ON(CCO)CCO)C(CC(=O)[O-])(CC(=O)[O-])C(=O)[O-].[Fe+3].[Fe+3].[Fe+3].[Fe+3]. The molecule has 0 bridgehead atoms. The van der Waals surface area contributed by atoms with E-state index in [4.69, 9.17) is 45.5 Å². The largest absolute Gasteiger partial charge is 3.00 e. The summed E-state index contributed by atoms with van der Waals surface area (Å²) in [6, 6.07) is 0. The van der Waals surface area contributed by atoms with Crippen LogP contribution in [0.15, 0.2) is 0 Å². The van der Waals surface area contributed by atoms with Crippen LogP contribution in [0.3, 0.4) is 0 Å². The molecule has 0 unspecified atom stereocenters. The summed E-state index contributed by atoms with van der Waals surface area (Å²) in [4.78, 5) is 147. The Kier molecular flexibility index (Phi) is 51.0. The van der Waals surface area contributed by atoms with Gasteiger partial charge in [0.05, 0.1) is 112 Å². The Morgan fingerprint density at radius 3 is 0.506 bits per heavy atom. The predicted molar refractivity (Wildman–Crippen MR) is 197 cm³/mol. The van der Waals surface area contributed by atoms with Crippen LogP contribution in [0.2, 0.25) is 0 Å². The summed E-state index contributed by atoms with van der Waals surface area (Å²) in [6.07, 6.45) is -9.07. The van der Waals surface area contributed by atoms with Crippen LogP contribution in [0.4, 0.5) is 0 Å². The minimum atomic E-state index is -3.01. The minimum Gasteiger partial charge on any atom is -0.550 e. The molecule has 0 aliphatic heterocycles. The summed E-state index contributed by atoms with van der Waals surface area (Å²) >= 11 is 0. The summed E-state index contributed by atoms with van der Waals surface area (Å²) in [6.45, 7) is -9.69. The van der Waals surface area contributed by atoms with Crippen LogP contribution in [-0.4, -0.2) is 248 Å². The molecular weight excluding hydrogens is 1270 g/mol. The van der Waals surface area contributed by atoms with E-state index in [0.717, 1.165) is 0 Å². The predicted octanol–water partition coefficient (Wildman–Crippen LogP) is -24.2. The number of aliphatic hydroxyl groups excluding tert-OH is 6. The smallest absolute Gasteiger partial charge is 0.550 e. The van der Waals surface area contributed by atoms with Crippen LogP contribution in [0.25, 0.3) is 0 Å². The van der Waals surface area contributed by atoms with Gasteiger partial charge in [-0.3, -0.25) is 0 Å². The first-order chi connectivity index (χ1) is 34.8. The van der Waals surface area contributed by atoms with Crippen molar-refractivity contribution in [1.82, 2.24) is 30.4 Å². The maximum atomic E-state index is 11.5. The summed E-state index contributed by atoms with van der Waals surface area (Å²) in [5.74, 6) is -24.9. The number of aliphatic hydroxyl groups is 6. The Hall–Kier alpha value is -4.88. The molecule has 0 rings (SSSR count). The van der Waals surface area contributed by atoms with Crippen molar-refractivity contribution >= 4 is 71.6 Å². The summed E-state index contributed by atoms with van der Waals surface area (Å²) < 4.78 is 0. The van der Waals surface area contributed by atoms with Gasteiger partial charge in [-0.1, -0.05) is 0 Å². The first-order valence-electron chi connectivity index (χ1n) is 20.5. The molecule has 0 saturated heterocycles. The standard InChI is InChI=1S/3C12H20N2O11.4Fe/c3*15-3-1-13(2-4-16)25-14(7-10(21)22)12(11(23)24,5-8(17)18)6-9(19)20;;;;/h3*15-16H,1-7H2,(H,17,18)(H,19,20)(H,21,22)(H,23,24);;;;/q;;;4*+3/p-12. The molecule has 39 nitrogen and oxygen atoms in total. The van der Waals surface area contributed by atoms with Crippen molar-refractivity contribution in [2.45, 2.75) is 55.1 Å². The van der Waals surface area contributed by atoms with Crippen molar-refractivity contribution in [3.63, 3.8) is 0 Å². The summed E-state index contributed by atoms with van der Waals surface area (Å²) in [5, 5.41) is 188. The molecule has 79 heavy (non-hydrogen) atoms. The molecule has 0 aromatic rings. The summed E-state index contributed by atoms with van der Waals surface area (Å²) in [7, 11) is 0. The Morgan fingerprint density at radius 2 is 0.418 bits per heavy atom. The molecule has 0 aromatic carbocycles. The third kappa shape index (κ3) is 34.8. The fraction of sp³-hybridized carbons (Fsp3) is 0.667. The average Bonchev–Trinajstić information content (AvgIpc) is 3.24. The van der Waals surface area contributed by atoms with E-state index in [1.54, 1.807) is 0 Å². The topological polar surface area (TPSA) is 650 Å². The van der Waals surface area contributed by atoms with Crippen molar-refractivity contribution in [3.8, 4) is 0 Å². The molecule has 0 saturated carbocycles. The molecule has 0 amide bonds. The number of carbonyl (C=O) groups is 12. The van der Waals surface area contributed by atoms with Crippen molar-refractivity contribution in [1.29, 1.82) is 0 Å². The van der Waals surface area contributed by atoms with E-state index >= 15 is 0 Å². The number of nitrogens with zero attached hydrogens (tertiary/aromatic N) is 6. The van der Waals surface area contributed by atoms with Gasteiger partial charge in [-0.15, -0.1) is 0 Å². The normalized spacial score (nSPS) is 11.1. The Labute approximate surface area is 486 Å². The number of aliphatic carboxylic acids is 12. The number of hydrogen-bond acceptors (Lipinski definition) is 39. The van der Waals surface area contributed by atoms with Crippen LogP contribution >= 0.6 is 0 Å².